The van der Waals surface area contributed by atoms with Crippen molar-refractivity contribution in [1.29, 1.82) is 0 Å². The van der Waals surface area contributed by atoms with E-state index in [-0.39, 0.29) is 16.8 Å². The largest absolute Gasteiger partial charge is 0.493 e. The summed E-state index contributed by atoms with van der Waals surface area (Å²) < 4.78 is 34.4. The highest BCUT2D eigenvalue weighted by Gasteiger charge is 2.23. The maximum atomic E-state index is 12.8. The van der Waals surface area contributed by atoms with Crippen molar-refractivity contribution in [3.05, 3.63) is 54.1 Å². The number of hydrogen-bond acceptors (Lipinski definition) is 5. The van der Waals surface area contributed by atoms with Gasteiger partial charge in [-0.3, -0.25) is 4.79 Å². The number of sulfone groups is 1. The Morgan fingerprint density at radius 1 is 1.00 bits per heavy atom. The first-order valence-electron chi connectivity index (χ1n) is 9.20. The first-order valence-corrected chi connectivity index (χ1v) is 11.1. The summed E-state index contributed by atoms with van der Waals surface area (Å²) >= 11 is 0. The number of rotatable bonds is 9. The predicted octanol–water partition coefficient (Wildman–Crippen LogP) is 3.52. The Labute approximate surface area is 166 Å². The van der Waals surface area contributed by atoms with Gasteiger partial charge in [0, 0.05) is 6.26 Å². The number of methoxy groups -OCH3 is 1. The Hall–Kier alpha value is -2.54. The van der Waals surface area contributed by atoms with E-state index in [0.717, 1.165) is 5.56 Å². The second-order valence-electron chi connectivity index (χ2n) is 6.48. The number of carbonyl (C=O) groups excluding carboxylic acids is 1. The molecule has 0 aliphatic carbocycles. The van der Waals surface area contributed by atoms with Gasteiger partial charge in [0.15, 0.2) is 27.4 Å². The van der Waals surface area contributed by atoms with Crippen molar-refractivity contribution in [3.63, 3.8) is 0 Å². The van der Waals surface area contributed by atoms with Gasteiger partial charge < -0.3 is 14.8 Å². The molecule has 2 aromatic rings. The fourth-order valence-corrected chi connectivity index (χ4v) is 3.46. The molecule has 2 atom stereocenters. The van der Waals surface area contributed by atoms with Crippen molar-refractivity contribution in [2.45, 2.75) is 43.7 Å². The zero-order chi connectivity index (χ0) is 20.7. The fraction of sp³-hybridized carbons (Fsp3) is 0.381. The van der Waals surface area contributed by atoms with Crippen molar-refractivity contribution < 1.29 is 22.7 Å². The fourth-order valence-electron chi connectivity index (χ4n) is 2.82. The van der Waals surface area contributed by atoms with Crippen molar-refractivity contribution in [2.24, 2.45) is 0 Å². The van der Waals surface area contributed by atoms with Crippen LogP contribution in [0.15, 0.2) is 53.4 Å². The molecule has 0 radical (unpaired) electrons. The first kappa shape index (κ1) is 21.8. The minimum Gasteiger partial charge on any atom is -0.493 e. The van der Waals surface area contributed by atoms with Crippen LogP contribution in [0.3, 0.4) is 0 Å². The van der Waals surface area contributed by atoms with Gasteiger partial charge in [-0.05, 0) is 42.7 Å². The Balaban J connectivity index is 2.13. The molecule has 2 aromatic carbocycles. The van der Waals surface area contributed by atoms with Gasteiger partial charge >= 0.3 is 0 Å². The summed E-state index contributed by atoms with van der Waals surface area (Å²) in [6, 6.07) is 13.5. The zero-order valence-electron chi connectivity index (χ0n) is 16.6. The molecule has 7 heteroatoms. The molecule has 0 saturated carbocycles. The highest BCUT2D eigenvalue weighted by atomic mass is 32.2. The number of benzene rings is 2. The number of hydrogen-bond donors (Lipinski definition) is 1. The highest BCUT2D eigenvalue weighted by Crippen LogP contribution is 2.28. The molecule has 0 spiro atoms. The van der Waals surface area contributed by atoms with Gasteiger partial charge in [0.05, 0.1) is 18.0 Å². The third kappa shape index (κ3) is 5.48. The van der Waals surface area contributed by atoms with E-state index in [1.165, 1.54) is 6.26 Å². The molecule has 6 nitrogen and oxygen atoms in total. The van der Waals surface area contributed by atoms with E-state index in [1.807, 2.05) is 26.0 Å². The number of carbonyl (C=O) groups is 1. The van der Waals surface area contributed by atoms with Gasteiger partial charge in [0.1, 0.15) is 0 Å². The molecule has 1 amide bonds. The Morgan fingerprint density at radius 2 is 1.61 bits per heavy atom. The summed E-state index contributed by atoms with van der Waals surface area (Å²) in [4.78, 5) is 13.0. The smallest absolute Gasteiger partial charge is 0.261 e. The number of nitrogens with one attached hydrogen (secondary N) is 1. The van der Waals surface area contributed by atoms with Crippen LogP contribution in [0, 0.1) is 0 Å². The number of ether oxygens (including phenoxy) is 2. The SMILES string of the molecule is CC[C@H](NC(=O)[C@@H](CC)Oc1ccccc1OC)c1ccc(S(C)(=O)=O)cc1. The highest BCUT2D eigenvalue weighted by molar-refractivity contribution is 7.90. The van der Waals surface area contributed by atoms with Crippen LogP contribution >= 0.6 is 0 Å². The summed E-state index contributed by atoms with van der Waals surface area (Å²) in [5.41, 5.74) is 0.843. The first-order chi connectivity index (χ1) is 13.3. The van der Waals surface area contributed by atoms with Crippen LogP contribution in [0.25, 0.3) is 0 Å². The predicted molar refractivity (Wildman–Crippen MR) is 108 cm³/mol. The molecule has 0 fully saturated rings. The summed E-state index contributed by atoms with van der Waals surface area (Å²) in [6.45, 7) is 3.83. The van der Waals surface area contributed by atoms with E-state index in [0.29, 0.717) is 24.3 Å². The van der Waals surface area contributed by atoms with E-state index in [4.69, 9.17) is 9.47 Å². The Kier molecular flexibility index (Phi) is 7.45. The molecule has 0 aliphatic heterocycles. The standard InChI is InChI=1S/C21H27NO5S/c1-5-17(15-11-13-16(14-12-15)28(4,24)25)22-21(23)18(6-2)27-20-10-8-7-9-19(20)26-3/h7-14,17-18H,5-6H2,1-4H3,(H,22,23)/t17-,18+/m0/s1. The monoisotopic (exact) mass is 405 g/mol. The lowest BCUT2D eigenvalue weighted by Crippen LogP contribution is -2.40. The molecule has 2 rings (SSSR count). The van der Waals surface area contributed by atoms with Crippen LogP contribution < -0.4 is 14.8 Å². The van der Waals surface area contributed by atoms with E-state index in [1.54, 1.807) is 43.5 Å². The third-order valence-electron chi connectivity index (χ3n) is 4.44. The molecule has 0 unspecified atom stereocenters. The van der Waals surface area contributed by atoms with Crippen LogP contribution in [0.1, 0.15) is 38.3 Å². The van der Waals surface area contributed by atoms with Crippen LogP contribution in [0.5, 0.6) is 11.5 Å². The maximum absolute atomic E-state index is 12.8. The van der Waals surface area contributed by atoms with Gasteiger partial charge in [0.2, 0.25) is 0 Å². The average Bonchev–Trinajstić information content (AvgIpc) is 2.69. The summed E-state index contributed by atoms with van der Waals surface area (Å²) in [5.74, 6) is 0.849. The molecule has 0 aromatic heterocycles. The van der Waals surface area contributed by atoms with Crippen molar-refractivity contribution in [1.82, 2.24) is 5.32 Å². The van der Waals surface area contributed by atoms with Gasteiger partial charge in [0.25, 0.3) is 5.91 Å². The Morgan fingerprint density at radius 3 is 2.11 bits per heavy atom. The Bertz CT molecular complexity index is 893. The van der Waals surface area contributed by atoms with Gasteiger partial charge in [-0.2, -0.15) is 0 Å². The van der Waals surface area contributed by atoms with Crippen molar-refractivity contribution in [3.8, 4) is 11.5 Å². The summed E-state index contributed by atoms with van der Waals surface area (Å²) in [5, 5.41) is 3.00. The van der Waals surface area contributed by atoms with Gasteiger partial charge in [-0.15, -0.1) is 0 Å². The van der Waals surface area contributed by atoms with Crippen molar-refractivity contribution in [2.75, 3.05) is 13.4 Å². The minimum atomic E-state index is -3.25. The molecular formula is C21H27NO5S. The topological polar surface area (TPSA) is 81.7 Å². The average molecular weight is 406 g/mol. The van der Waals surface area contributed by atoms with Crippen LogP contribution in [0.4, 0.5) is 0 Å². The van der Waals surface area contributed by atoms with E-state index in [2.05, 4.69) is 5.32 Å². The van der Waals surface area contributed by atoms with Crippen LogP contribution in [-0.4, -0.2) is 33.8 Å². The summed E-state index contributed by atoms with van der Waals surface area (Å²) in [7, 11) is -1.70. The molecule has 1 N–H and O–H groups in total. The lowest BCUT2D eigenvalue weighted by Gasteiger charge is -2.23. The van der Waals surface area contributed by atoms with Gasteiger partial charge in [-0.25, -0.2) is 8.42 Å². The van der Waals surface area contributed by atoms with E-state index >= 15 is 0 Å². The molecule has 0 aliphatic rings. The normalized spacial score (nSPS) is 13.4. The van der Waals surface area contributed by atoms with Crippen molar-refractivity contribution >= 4 is 15.7 Å². The lowest BCUT2D eigenvalue weighted by atomic mass is 10.0. The second kappa shape index (κ2) is 9.59. The zero-order valence-corrected chi connectivity index (χ0v) is 17.5. The second-order valence-corrected chi connectivity index (χ2v) is 8.49. The quantitative estimate of drug-likeness (QED) is 0.690. The molecule has 0 bridgehead atoms. The molecule has 0 heterocycles. The lowest BCUT2D eigenvalue weighted by molar-refractivity contribution is -0.129. The maximum Gasteiger partial charge on any atom is 0.261 e. The molecule has 0 saturated heterocycles. The third-order valence-corrected chi connectivity index (χ3v) is 5.57. The number of amides is 1. The van der Waals surface area contributed by atoms with Gasteiger partial charge in [-0.1, -0.05) is 38.1 Å². The molecular weight excluding hydrogens is 378 g/mol. The minimum absolute atomic E-state index is 0.229. The van der Waals surface area contributed by atoms with Crippen LogP contribution in [-0.2, 0) is 14.6 Å². The molecule has 152 valence electrons. The van der Waals surface area contributed by atoms with E-state index < -0.39 is 15.9 Å². The molecule has 28 heavy (non-hydrogen) atoms. The number of para-hydroxylation sites is 2. The summed E-state index contributed by atoms with van der Waals surface area (Å²) in [6.07, 6.45) is 1.66. The van der Waals surface area contributed by atoms with E-state index in [9.17, 15) is 13.2 Å². The van der Waals surface area contributed by atoms with Crippen LogP contribution in [0.2, 0.25) is 0 Å².